The van der Waals surface area contributed by atoms with Crippen LogP contribution in [0.4, 0.5) is 5.69 Å². The Morgan fingerprint density at radius 2 is 2.05 bits per heavy atom. The Morgan fingerprint density at radius 3 is 2.67 bits per heavy atom. The number of hydrogen-bond donors (Lipinski definition) is 3. The molecular weight excluding hydrogens is 290 g/mol. The van der Waals surface area contributed by atoms with Crippen LogP contribution < -0.4 is 5.73 Å². The smallest absolute Gasteiger partial charge is 0.245 e. The van der Waals surface area contributed by atoms with Gasteiger partial charge in [0.1, 0.15) is 4.90 Å². The first-order valence-electron chi connectivity index (χ1n) is 6.83. The number of benzene rings is 1. The molecule has 1 aliphatic heterocycles. The lowest BCUT2D eigenvalue weighted by atomic mass is 9.85. The van der Waals surface area contributed by atoms with E-state index in [1.54, 1.807) is 18.2 Å². The van der Waals surface area contributed by atoms with Crippen molar-refractivity contribution in [3.8, 4) is 0 Å². The number of aromatic amines is 1. The Morgan fingerprint density at radius 1 is 1.38 bits per heavy atom. The van der Waals surface area contributed by atoms with Gasteiger partial charge < -0.3 is 15.8 Å². The highest BCUT2D eigenvalue weighted by Gasteiger charge is 2.49. The Balaban J connectivity index is 1.96. The number of sulfonamides is 1. The van der Waals surface area contributed by atoms with Crippen LogP contribution >= 0.6 is 0 Å². The predicted octanol–water partition coefficient (Wildman–Crippen LogP) is 1.14. The van der Waals surface area contributed by atoms with E-state index < -0.39 is 15.6 Å². The number of H-pyrrole nitrogens is 1. The molecule has 1 aromatic heterocycles. The highest BCUT2D eigenvalue weighted by molar-refractivity contribution is 7.89. The van der Waals surface area contributed by atoms with Gasteiger partial charge in [-0.3, -0.25) is 0 Å². The Kier molecular flexibility index (Phi) is 3.05. The van der Waals surface area contributed by atoms with Crippen molar-refractivity contribution in [2.45, 2.75) is 24.3 Å². The van der Waals surface area contributed by atoms with E-state index in [2.05, 4.69) is 4.98 Å². The summed E-state index contributed by atoms with van der Waals surface area (Å²) >= 11 is 0. The van der Waals surface area contributed by atoms with Crippen LogP contribution in [0.1, 0.15) is 13.8 Å². The van der Waals surface area contributed by atoms with Gasteiger partial charge in [0.05, 0.1) is 5.60 Å². The van der Waals surface area contributed by atoms with Gasteiger partial charge in [0, 0.05) is 35.9 Å². The van der Waals surface area contributed by atoms with Crippen molar-refractivity contribution >= 4 is 26.6 Å². The van der Waals surface area contributed by atoms with Crippen molar-refractivity contribution < 1.29 is 13.5 Å². The third kappa shape index (κ3) is 2.12. The minimum Gasteiger partial charge on any atom is -0.399 e. The summed E-state index contributed by atoms with van der Waals surface area (Å²) in [5.41, 5.74) is 6.03. The zero-order valence-corrected chi connectivity index (χ0v) is 12.8. The number of rotatable bonds is 3. The average Bonchev–Trinajstić information content (AvgIpc) is 2.77. The van der Waals surface area contributed by atoms with E-state index in [0.717, 1.165) is 0 Å². The Labute approximate surface area is 123 Å². The van der Waals surface area contributed by atoms with Gasteiger partial charge in [-0.2, -0.15) is 4.31 Å². The third-order valence-electron chi connectivity index (χ3n) is 4.26. The second-order valence-electron chi connectivity index (χ2n) is 5.99. The quantitative estimate of drug-likeness (QED) is 0.740. The zero-order chi connectivity index (χ0) is 15.4. The Hall–Kier alpha value is -1.57. The van der Waals surface area contributed by atoms with E-state index in [9.17, 15) is 13.5 Å². The molecule has 1 fully saturated rings. The van der Waals surface area contributed by atoms with Gasteiger partial charge in [0.25, 0.3) is 0 Å². The van der Waals surface area contributed by atoms with E-state index in [1.807, 2.05) is 13.8 Å². The van der Waals surface area contributed by atoms with E-state index >= 15 is 0 Å². The molecule has 7 heteroatoms. The number of aliphatic hydroxyl groups is 1. The molecule has 2 heterocycles. The number of anilines is 1. The van der Waals surface area contributed by atoms with Gasteiger partial charge in [-0.05, 0) is 24.1 Å². The van der Waals surface area contributed by atoms with Gasteiger partial charge in [-0.15, -0.1) is 0 Å². The molecule has 21 heavy (non-hydrogen) atoms. The summed E-state index contributed by atoms with van der Waals surface area (Å²) in [6.45, 7) is 4.04. The van der Waals surface area contributed by atoms with E-state index in [0.29, 0.717) is 16.6 Å². The summed E-state index contributed by atoms with van der Waals surface area (Å²) in [4.78, 5) is 3.16. The standard InChI is InChI=1S/C14H19N3O3S/c1-9(2)14(18)7-17(8-14)21(19,20)13-6-16-12-5-10(15)3-4-11(12)13/h3-6,9,16,18H,7-8,15H2,1-2H3. The molecule has 3 rings (SSSR count). The SMILES string of the molecule is CC(C)C1(O)CN(S(=O)(=O)c2c[nH]c3cc(N)ccc23)C1. The van der Waals surface area contributed by atoms with Crippen LogP contribution in [-0.2, 0) is 10.0 Å². The number of β-amino-alcohol motifs (C(OH)–C–C–N with tert-alkyl or cyclic N) is 1. The monoisotopic (exact) mass is 309 g/mol. The van der Waals surface area contributed by atoms with Crippen molar-refractivity contribution in [3.05, 3.63) is 24.4 Å². The minimum atomic E-state index is -3.60. The molecular formula is C14H19N3O3S. The van der Waals surface area contributed by atoms with Crippen LogP contribution in [0.15, 0.2) is 29.3 Å². The molecule has 2 aromatic rings. The van der Waals surface area contributed by atoms with Crippen molar-refractivity contribution in [2.75, 3.05) is 18.8 Å². The van der Waals surface area contributed by atoms with Gasteiger partial charge in [0.15, 0.2) is 0 Å². The molecule has 0 atom stereocenters. The molecule has 114 valence electrons. The van der Waals surface area contributed by atoms with E-state index in [1.165, 1.54) is 10.5 Å². The number of nitrogens with one attached hydrogen (secondary N) is 1. The van der Waals surface area contributed by atoms with Crippen LogP contribution in [0.3, 0.4) is 0 Å². The number of nitrogens with two attached hydrogens (primary N) is 1. The van der Waals surface area contributed by atoms with Crippen LogP contribution in [0.5, 0.6) is 0 Å². The molecule has 1 saturated heterocycles. The van der Waals surface area contributed by atoms with E-state index in [4.69, 9.17) is 5.73 Å². The lowest BCUT2D eigenvalue weighted by Crippen LogP contribution is -2.65. The molecule has 6 nitrogen and oxygen atoms in total. The van der Waals surface area contributed by atoms with Crippen molar-refractivity contribution in [3.63, 3.8) is 0 Å². The summed E-state index contributed by atoms with van der Waals surface area (Å²) in [6, 6.07) is 5.08. The number of fused-ring (bicyclic) bond motifs is 1. The van der Waals surface area contributed by atoms with Gasteiger partial charge in [-0.25, -0.2) is 8.42 Å². The molecule has 4 N–H and O–H groups in total. The lowest BCUT2D eigenvalue weighted by Gasteiger charge is -2.47. The highest BCUT2D eigenvalue weighted by atomic mass is 32.2. The third-order valence-corrected chi connectivity index (χ3v) is 6.09. The molecule has 0 bridgehead atoms. The number of nitrogen functional groups attached to an aromatic ring is 1. The molecule has 0 saturated carbocycles. The van der Waals surface area contributed by atoms with Gasteiger partial charge in [0.2, 0.25) is 10.0 Å². The molecule has 0 amide bonds. The predicted molar refractivity (Wildman–Crippen MR) is 81.3 cm³/mol. The second-order valence-corrected chi connectivity index (χ2v) is 7.90. The first-order valence-corrected chi connectivity index (χ1v) is 8.27. The van der Waals surface area contributed by atoms with Gasteiger partial charge >= 0.3 is 0 Å². The molecule has 1 aromatic carbocycles. The van der Waals surface area contributed by atoms with Crippen molar-refractivity contribution in [1.82, 2.24) is 9.29 Å². The first-order chi connectivity index (χ1) is 9.74. The summed E-state index contributed by atoms with van der Waals surface area (Å²) in [5.74, 6) is 0.0201. The molecule has 0 aliphatic carbocycles. The highest BCUT2D eigenvalue weighted by Crippen LogP contribution is 2.35. The largest absolute Gasteiger partial charge is 0.399 e. The fraction of sp³-hybridized carbons (Fsp3) is 0.429. The number of nitrogens with zero attached hydrogens (tertiary/aromatic N) is 1. The summed E-state index contributed by atoms with van der Waals surface area (Å²) < 4.78 is 26.6. The Bertz CT molecular complexity index is 789. The molecule has 0 spiro atoms. The maximum Gasteiger partial charge on any atom is 0.245 e. The summed E-state index contributed by atoms with van der Waals surface area (Å²) in [7, 11) is -3.60. The maximum absolute atomic E-state index is 12.6. The maximum atomic E-state index is 12.6. The van der Waals surface area contributed by atoms with Crippen LogP contribution in [-0.4, -0.2) is 41.5 Å². The lowest BCUT2D eigenvalue weighted by molar-refractivity contribution is -0.0932. The average molecular weight is 309 g/mol. The zero-order valence-electron chi connectivity index (χ0n) is 12.0. The fourth-order valence-corrected chi connectivity index (χ4v) is 4.30. The van der Waals surface area contributed by atoms with E-state index in [-0.39, 0.29) is 23.9 Å². The minimum absolute atomic E-state index is 0.0201. The number of hydrogen-bond acceptors (Lipinski definition) is 4. The van der Waals surface area contributed by atoms with Crippen LogP contribution in [0.25, 0.3) is 10.9 Å². The van der Waals surface area contributed by atoms with Crippen LogP contribution in [0, 0.1) is 5.92 Å². The summed E-state index contributed by atoms with van der Waals surface area (Å²) in [6.07, 6.45) is 1.48. The molecule has 1 aliphatic rings. The van der Waals surface area contributed by atoms with Crippen LogP contribution in [0.2, 0.25) is 0 Å². The summed E-state index contributed by atoms with van der Waals surface area (Å²) in [5, 5.41) is 10.9. The van der Waals surface area contributed by atoms with Crippen molar-refractivity contribution in [1.29, 1.82) is 0 Å². The normalized spacial score (nSPS) is 19.0. The molecule has 0 radical (unpaired) electrons. The topological polar surface area (TPSA) is 99.4 Å². The van der Waals surface area contributed by atoms with Crippen molar-refractivity contribution in [2.24, 2.45) is 5.92 Å². The van der Waals surface area contributed by atoms with Gasteiger partial charge in [-0.1, -0.05) is 13.8 Å². The number of aromatic nitrogens is 1. The fourth-order valence-electron chi connectivity index (χ4n) is 2.57. The second kappa shape index (κ2) is 4.46. The first kappa shape index (κ1) is 14.4. The molecule has 0 unspecified atom stereocenters.